The van der Waals surface area contributed by atoms with E-state index < -0.39 is 31.6 Å². The second-order valence-corrected chi connectivity index (χ2v) is 18.2. The molecule has 0 aliphatic carbocycles. The van der Waals surface area contributed by atoms with Crippen LogP contribution in [0.1, 0.15) is 47.7 Å². The van der Waals surface area contributed by atoms with Crippen molar-refractivity contribution < 1.29 is 28.3 Å². The second-order valence-electron chi connectivity index (χ2n) is 14.4. The normalized spacial score (nSPS) is 26.1. The third kappa shape index (κ3) is 4.79. The Hall–Kier alpha value is -4.38. The Morgan fingerprint density at radius 1 is 0.980 bits per heavy atom. The van der Waals surface area contributed by atoms with Crippen LogP contribution in [0.25, 0.3) is 10.8 Å². The molecule has 2 fully saturated rings. The molecule has 4 heterocycles. The summed E-state index contributed by atoms with van der Waals surface area (Å²) in [6.07, 6.45) is 0.755. The van der Waals surface area contributed by atoms with E-state index in [0.717, 1.165) is 40.6 Å². The number of hydrogen-bond donors (Lipinski definition) is 1. The minimum absolute atomic E-state index is 0.0304. The lowest BCUT2D eigenvalue weighted by atomic mass is 9.82. The van der Waals surface area contributed by atoms with Gasteiger partial charge in [-0.05, 0) is 67.2 Å². The lowest BCUT2D eigenvalue weighted by molar-refractivity contribution is -0.150. The Labute approximate surface area is 286 Å². The first-order valence-corrected chi connectivity index (χ1v) is 20.1. The van der Waals surface area contributed by atoms with Gasteiger partial charge < -0.3 is 23.8 Å². The molecule has 1 spiro atoms. The number of fused-ring (bicyclic) bond motifs is 2. The van der Waals surface area contributed by atoms with Crippen LogP contribution in [0.4, 0.5) is 21.2 Å². The van der Waals surface area contributed by atoms with Crippen molar-refractivity contribution >= 4 is 54.0 Å². The minimum atomic E-state index is -3.44. The zero-order chi connectivity index (χ0) is 34.2. The predicted molar refractivity (Wildman–Crippen MR) is 189 cm³/mol. The molecule has 4 aliphatic heterocycles. The number of benzene rings is 4. The van der Waals surface area contributed by atoms with Crippen LogP contribution < -0.4 is 9.80 Å². The zero-order valence-electron chi connectivity index (χ0n) is 27.9. The molecule has 4 aromatic carbocycles. The van der Waals surface area contributed by atoms with Crippen LogP contribution >= 0.6 is 0 Å². The van der Waals surface area contributed by atoms with Gasteiger partial charge in [0.2, 0.25) is 14.3 Å². The van der Waals surface area contributed by atoms with E-state index in [2.05, 4.69) is 0 Å². The van der Waals surface area contributed by atoms with Crippen LogP contribution in [0.3, 0.4) is 0 Å². The van der Waals surface area contributed by atoms with Crippen LogP contribution in [0.2, 0.25) is 18.6 Å². The summed E-state index contributed by atoms with van der Waals surface area (Å²) >= 11 is 0. The monoisotopic (exact) mass is 677 g/mol. The molecule has 0 bridgehead atoms. The molecule has 2 saturated heterocycles. The molecule has 49 heavy (non-hydrogen) atoms. The fourth-order valence-corrected chi connectivity index (χ4v) is 11.6. The number of ether oxygens (including phenoxy) is 1. The molecular formula is C39H40FN3O5Si. The smallest absolute Gasteiger partial charge is 0.264 e. The standard InChI is InChI=1S/C39H40FN3O5Si/c1-24-36(49(2,3)40)33(21-34(45)41-20-8-11-28(41)23-44)48-39(24)30-13-4-5-14-31(30)42(38(39)47)22-25-16-18-27(19-17-25)43-32-15-7-10-26-9-6-12-29(35(26)32)37(43)46/h4-7,9-10,12-19,24,28,33,36,44H,8,11,20-23H2,1-3H3/t24-,28-,33+,36-,39+/m0/s1. The molecular weight excluding hydrogens is 638 g/mol. The SMILES string of the molecule is C[C@H]1[C@H]([Si](C)(C)F)[C@@H](CC(=O)N2CCC[C@H]2CO)O[C@]12C(=O)N(Cc1ccc(N3C(=O)c4cccc5cccc3c45)cc1)c1ccccc12. The van der Waals surface area contributed by atoms with Crippen LogP contribution in [0, 0.1) is 5.92 Å². The van der Waals surface area contributed by atoms with Crippen molar-refractivity contribution in [2.45, 2.75) is 69.1 Å². The topological polar surface area (TPSA) is 90.4 Å². The maximum absolute atomic E-state index is 16.2. The number of amides is 3. The number of carbonyl (C=O) groups is 3. The number of likely N-dealkylation sites (tertiary alicyclic amines) is 1. The van der Waals surface area contributed by atoms with E-state index in [4.69, 9.17) is 4.74 Å². The fraction of sp³-hybridized carbons (Fsp3) is 0.359. The summed E-state index contributed by atoms with van der Waals surface area (Å²) in [5.74, 6) is -0.998. The first kappa shape index (κ1) is 31.9. The number of hydrogen-bond acceptors (Lipinski definition) is 5. The molecule has 5 atom stereocenters. The van der Waals surface area contributed by atoms with E-state index in [0.29, 0.717) is 23.4 Å². The molecule has 0 radical (unpaired) electrons. The molecule has 8 nitrogen and oxygen atoms in total. The number of aliphatic hydroxyl groups is 1. The molecule has 10 heteroatoms. The second kappa shape index (κ2) is 11.6. The molecule has 8 rings (SSSR count). The number of rotatable bonds is 7. The summed E-state index contributed by atoms with van der Waals surface area (Å²) in [5.41, 5.74) is 2.53. The summed E-state index contributed by atoms with van der Waals surface area (Å²) < 4.78 is 23.0. The van der Waals surface area contributed by atoms with Gasteiger partial charge >= 0.3 is 0 Å². The van der Waals surface area contributed by atoms with Gasteiger partial charge in [0.25, 0.3) is 11.8 Å². The van der Waals surface area contributed by atoms with Crippen LogP contribution in [-0.4, -0.2) is 61.4 Å². The van der Waals surface area contributed by atoms with Crippen molar-refractivity contribution in [1.29, 1.82) is 0 Å². The molecule has 252 valence electrons. The minimum Gasteiger partial charge on any atom is -0.394 e. The van der Waals surface area contributed by atoms with E-state index in [1.807, 2.05) is 91.9 Å². The lowest BCUT2D eigenvalue weighted by Gasteiger charge is -2.31. The lowest BCUT2D eigenvalue weighted by Crippen LogP contribution is -2.45. The number of carbonyl (C=O) groups excluding carboxylic acids is 3. The Balaban J connectivity index is 1.09. The van der Waals surface area contributed by atoms with Gasteiger partial charge in [0.15, 0.2) is 5.60 Å². The van der Waals surface area contributed by atoms with E-state index in [9.17, 15) is 19.5 Å². The predicted octanol–water partition coefficient (Wildman–Crippen LogP) is 6.83. The highest BCUT2D eigenvalue weighted by atomic mass is 28.4. The van der Waals surface area contributed by atoms with E-state index in [-0.39, 0.29) is 43.3 Å². The van der Waals surface area contributed by atoms with Crippen molar-refractivity contribution in [2.75, 3.05) is 23.0 Å². The van der Waals surface area contributed by atoms with Gasteiger partial charge in [-0.15, -0.1) is 0 Å². The van der Waals surface area contributed by atoms with Gasteiger partial charge in [-0.1, -0.05) is 61.5 Å². The van der Waals surface area contributed by atoms with E-state index >= 15 is 4.11 Å². The summed E-state index contributed by atoms with van der Waals surface area (Å²) in [4.78, 5) is 46.9. The number of aliphatic hydroxyl groups excluding tert-OH is 1. The molecule has 0 saturated carbocycles. The number of para-hydroxylation sites is 1. The largest absolute Gasteiger partial charge is 0.394 e. The van der Waals surface area contributed by atoms with Crippen LogP contribution in [0.5, 0.6) is 0 Å². The van der Waals surface area contributed by atoms with Crippen molar-refractivity contribution in [3.8, 4) is 0 Å². The first-order valence-electron chi connectivity index (χ1n) is 17.2. The third-order valence-corrected chi connectivity index (χ3v) is 13.7. The van der Waals surface area contributed by atoms with Gasteiger partial charge in [-0.2, -0.15) is 0 Å². The van der Waals surface area contributed by atoms with E-state index in [1.165, 1.54) is 0 Å². The maximum atomic E-state index is 16.2. The number of anilines is 3. The number of nitrogens with zero attached hydrogens (tertiary/aromatic N) is 3. The van der Waals surface area contributed by atoms with Gasteiger partial charge in [-0.3, -0.25) is 19.3 Å². The van der Waals surface area contributed by atoms with Gasteiger partial charge in [0.05, 0.1) is 48.7 Å². The highest BCUT2D eigenvalue weighted by molar-refractivity contribution is 6.72. The van der Waals surface area contributed by atoms with Crippen molar-refractivity contribution in [2.24, 2.45) is 5.92 Å². The zero-order valence-corrected chi connectivity index (χ0v) is 28.9. The average molecular weight is 678 g/mol. The maximum Gasteiger partial charge on any atom is 0.264 e. The first-order chi connectivity index (χ1) is 23.5. The summed E-state index contributed by atoms with van der Waals surface area (Å²) in [7, 11) is -3.44. The molecule has 3 amide bonds. The summed E-state index contributed by atoms with van der Waals surface area (Å²) in [6.45, 7) is 5.87. The highest BCUT2D eigenvalue weighted by Gasteiger charge is 2.67. The quantitative estimate of drug-likeness (QED) is 0.171. The Morgan fingerprint density at radius 3 is 2.43 bits per heavy atom. The molecule has 4 aromatic rings. The molecule has 4 aliphatic rings. The van der Waals surface area contributed by atoms with Crippen LogP contribution in [-0.2, 0) is 26.5 Å². The third-order valence-electron chi connectivity index (χ3n) is 11.2. The van der Waals surface area contributed by atoms with Crippen molar-refractivity contribution in [1.82, 2.24) is 4.90 Å². The molecule has 0 aromatic heterocycles. The molecule has 0 unspecified atom stereocenters. The average Bonchev–Trinajstić information content (AvgIpc) is 3.82. The van der Waals surface area contributed by atoms with Gasteiger partial charge in [-0.25, -0.2) is 0 Å². The van der Waals surface area contributed by atoms with Gasteiger partial charge in [0, 0.05) is 34.6 Å². The van der Waals surface area contributed by atoms with Crippen LogP contribution in [0.15, 0.2) is 84.9 Å². The fourth-order valence-electron chi connectivity index (χ4n) is 9.11. The van der Waals surface area contributed by atoms with E-state index in [1.54, 1.807) is 27.8 Å². The Bertz CT molecular complexity index is 1990. The van der Waals surface area contributed by atoms with Gasteiger partial charge in [0.1, 0.15) is 0 Å². The van der Waals surface area contributed by atoms with Crippen molar-refractivity contribution in [3.05, 3.63) is 102 Å². The molecule has 1 N–H and O–H groups in total. The number of halogens is 1. The summed E-state index contributed by atoms with van der Waals surface area (Å²) in [6, 6.07) is 26.7. The Kier molecular flexibility index (Phi) is 7.55. The van der Waals surface area contributed by atoms with Crippen molar-refractivity contribution in [3.63, 3.8) is 0 Å². The highest BCUT2D eigenvalue weighted by Crippen LogP contribution is 2.60. The summed E-state index contributed by atoms with van der Waals surface area (Å²) in [5, 5.41) is 11.8. The Morgan fingerprint density at radius 2 is 1.69 bits per heavy atom.